The van der Waals surface area contributed by atoms with Crippen LogP contribution < -0.4 is 9.30 Å². The number of rotatable bonds is 6. The molecule has 0 aliphatic carbocycles. The van der Waals surface area contributed by atoms with Gasteiger partial charge in [-0.15, -0.1) is 0 Å². The van der Waals surface area contributed by atoms with E-state index in [-0.39, 0.29) is 71.9 Å². The highest BCUT2D eigenvalue weighted by molar-refractivity contribution is 6.09. The molecule has 3 aromatic heterocycles. The number of nitrogens with zero attached hydrogens (tertiary/aromatic N) is 4. The van der Waals surface area contributed by atoms with E-state index in [9.17, 15) is 11.0 Å². The van der Waals surface area contributed by atoms with E-state index in [0.717, 1.165) is 49.9 Å². The van der Waals surface area contributed by atoms with E-state index in [1.165, 1.54) is 18.2 Å². The van der Waals surface area contributed by atoms with Gasteiger partial charge in [0.15, 0.2) is 0 Å². The van der Waals surface area contributed by atoms with Gasteiger partial charge in [0.25, 0.3) is 6.33 Å². The van der Waals surface area contributed by atoms with Gasteiger partial charge in [-0.1, -0.05) is 204 Å². The highest BCUT2D eigenvalue weighted by atomic mass is 16.5. The maximum atomic E-state index is 10.2. The smallest absolute Gasteiger partial charge is 0.269 e. The second kappa shape index (κ2) is 19.4. The van der Waals surface area contributed by atoms with E-state index >= 15 is 0 Å². The summed E-state index contributed by atoms with van der Waals surface area (Å²) < 4.78 is 144. The number of fused-ring (bicyclic) bond motifs is 10. The lowest BCUT2D eigenvalue weighted by Crippen LogP contribution is -2.35. The van der Waals surface area contributed by atoms with Gasteiger partial charge in [-0.2, -0.15) is 0 Å². The molecular formula is C78H74N4O. The molecule has 0 saturated carbocycles. The van der Waals surface area contributed by atoms with Crippen molar-refractivity contribution >= 4 is 32.8 Å². The van der Waals surface area contributed by atoms with E-state index in [1.807, 2.05) is 98.3 Å². The molecule has 4 heterocycles. The molecule has 0 fully saturated rings. The number of pyridine rings is 1. The largest absolute Gasteiger partial charge is 0.458 e. The zero-order valence-electron chi connectivity index (χ0n) is 63.1. The molecule has 0 unspecified atom stereocenters. The van der Waals surface area contributed by atoms with Crippen LogP contribution in [0.4, 0.5) is 0 Å². The van der Waals surface area contributed by atoms with Crippen molar-refractivity contribution in [3.8, 4) is 84.3 Å². The van der Waals surface area contributed by atoms with Crippen LogP contribution in [0.1, 0.15) is 136 Å². The van der Waals surface area contributed by atoms with E-state index < -0.39 is 67.5 Å². The monoisotopic (exact) mass is 1100 g/mol. The molecule has 0 amide bonds. The molecular weight excluding hydrogens is 1010 g/mol. The van der Waals surface area contributed by atoms with Gasteiger partial charge in [-0.05, 0) is 185 Å². The van der Waals surface area contributed by atoms with Crippen molar-refractivity contribution in [1.82, 2.24) is 14.1 Å². The van der Waals surface area contributed by atoms with Crippen molar-refractivity contribution < 1.29 is 28.5 Å². The van der Waals surface area contributed by atoms with Gasteiger partial charge in [-0.25, -0.2) is 4.98 Å². The number of aromatic nitrogens is 4. The molecule has 83 heavy (non-hydrogen) atoms. The summed E-state index contributed by atoms with van der Waals surface area (Å²) in [5.74, 6) is 1.74. The van der Waals surface area contributed by atoms with Crippen molar-refractivity contribution in [1.29, 1.82) is 0 Å². The minimum atomic E-state index is -2.85. The van der Waals surface area contributed by atoms with Gasteiger partial charge < -0.3 is 4.74 Å². The third kappa shape index (κ3) is 9.35. The van der Waals surface area contributed by atoms with Crippen LogP contribution in [0.2, 0.25) is 0 Å². The fourth-order valence-electron chi connectivity index (χ4n) is 11.7. The van der Waals surface area contributed by atoms with Crippen LogP contribution in [-0.2, 0) is 21.7 Å². The Bertz CT molecular complexity index is 5250. The topological polar surface area (TPSA) is 35.9 Å². The first-order valence-corrected chi connectivity index (χ1v) is 28.3. The molecule has 5 heteroatoms. The lowest BCUT2D eigenvalue weighted by Gasteiger charge is -2.28. The van der Waals surface area contributed by atoms with Gasteiger partial charge in [0.1, 0.15) is 17.3 Å². The van der Waals surface area contributed by atoms with Crippen LogP contribution in [0.3, 0.4) is 0 Å². The van der Waals surface area contributed by atoms with Crippen molar-refractivity contribution in [2.45, 2.75) is 118 Å². The summed E-state index contributed by atoms with van der Waals surface area (Å²) in [6.45, 7) is 19.5. The van der Waals surface area contributed by atoms with Crippen LogP contribution in [0.15, 0.2) is 194 Å². The van der Waals surface area contributed by atoms with Gasteiger partial charge in [-0.3, -0.25) is 13.7 Å². The lowest BCUT2D eigenvalue weighted by atomic mass is 9.78. The Morgan fingerprint density at radius 2 is 1.07 bits per heavy atom. The van der Waals surface area contributed by atoms with Crippen LogP contribution >= 0.6 is 0 Å². The molecule has 0 radical (unpaired) electrons. The van der Waals surface area contributed by atoms with Crippen LogP contribution in [0, 0.1) is 20.0 Å². The zero-order chi connectivity index (χ0) is 70.0. The molecule has 0 N–H and O–H groups in total. The van der Waals surface area contributed by atoms with Crippen molar-refractivity contribution in [3.05, 3.63) is 234 Å². The molecule has 0 bridgehead atoms. The third-order valence-electron chi connectivity index (χ3n) is 16.2. The van der Waals surface area contributed by atoms with E-state index in [4.69, 9.17) is 17.9 Å². The molecule has 13 rings (SSSR count). The average molecular weight is 1100 g/mol. The quantitative estimate of drug-likeness (QED) is 0.123. The van der Waals surface area contributed by atoms with Gasteiger partial charge in [0.2, 0.25) is 0 Å². The molecule has 0 atom stereocenters. The Kier molecular flexibility index (Phi) is 9.26. The Balaban J connectivity index is 1.18. The number of para-hydroxylation sites is 1. The first kappa shape index (κ1) is 39.6. The summed E-state index contributed by atoms with van der Waals surface area (Å²) in [5, 5.41) is 2.05. The Hall–Kier alpha value is -8.80. The first-order chi connectivity index (χ1) is 45.2. The molecule has 1 aliphatic rings. The molecule has 0 spiro atoms. The fourth-order valence-corrected chi connectivity index (χ4v) is 11.7. The maximum Gasteiger partial charge on any atom is 0.269 e. The van der Waals surface area contributed by atoms with Crippen molar-refractivity contribution in [2.75, 3.05) is 0 Å². The summed E-state index contributed by atoms with van der Waals surface area (Å²) in [7, 11) is 0. The minimum Gasteiger partial charge on any atom is -0.458 e. The summed E-state index contributed by atoms with van der Waals surface area (Å²) in [6, 6.07) is 39.0. The number of hydrogen-bond donors (Lipinski definition) is 0. The second-order valence-electron chi connectivity index (χ2n) is 26.1. The maximum absolute atomic E-state index is 10.2. The molecule has 0 saturated heterocycles. The zero-order valence-corrected chi connectivity index (χ0v) is 49.1. The van der Waals surface area contributed by atoms with Crippen LogP contribution in [-0.4, -0.2) is 14.1 Å². The van der Waals surface area contributed by atoms with Gasteiger partial charge >= 0.3 is 0 Å². The van der Waals surface area contributed by atoms with Crippen LogP contribution in [0.25, 0.3) is 106 Å². The number of imidazole rings is 1. The molecule has 12 aromatic rings. The first-order valence-electron chi connectivity index (χ1n) is 35.3. The van der Waals surface area contributed by atoms with Gasteiger partial charge in [0.05, 0.1) is 44.4 Å². The number of benzene rings is 9. The van der Waals surface area contributed by atoms with Crippen molar-refractivity contribution in [2.24, 2.45) is 0 Å². The summed E-state index contributed by atoms with van der Waals surface area (Å²) in [6.07, 6.45) is 5.59. The summed E-state index contributed by atoms with van der Waals surface area (Å²) >= 11 is 0. The molecule has 1 aliphatic heterocycles. The standard InChI is InChI=1S/C78H74N4O/c1-48-23-21-24-49(2)72(48)52-40-65-61-29-17-15-27-59(61)60-28-16-18-30-62(60)66-39-51(50-37-54(76(6,7)8)43-55(38-50)77(9,10)11)42-70-74(66)81(73(65)67(41-52)78(12,13)14)47-80(70)56-25-22-26-57(45-56)83-58-33-34-64-63-31-19-20-32-68(63)82(69(64)46-58)71-44-53(35-36-79-71)75(3,4)5/h15-46H,1-14H3/i1D3,2D3,15D,16D,17D,18D,27D,28D,29D,30D. The predicted molar refractivity (Wildman–Crippen MR) is 347 cm³/mol. The molecule has 5 nitrogen and oxygen atoms in total. The highest BCUT2D eigenvalue weighted by Crippen LogP contribution is 2.49. The predicted octanol–water partition coefficient (Wildman–Crippen LogP) is 20.4. The molecule has 9 aromatic carbocycles. The lowest BCUT2D eigenvalue weighted by molar-refractivity contribution is -0.572. The number of hydrogen-bond acceptors (Lipinski definition) is 2. The van der Waals surface area contributed by atoms with E-state index in [1.54, 1.807) is 16.7 Å². The average Bonchev–Trinajstić information content (AvgIpc) is 1.58. The summed E-state index contributed by atoms with van der Waals surface area (Å²) in [5.41, 5.74) is 6.01. The Morgan fingerprint density at radius 3 is 1.72 bits per heavy atom. The normalized spacial score (nSPS) is 15.4. The van der Waals surface area contributed by atoms with Crippen LogP contribution in [0.5, 0.6) is 11.5 Å². The SMILES string of the molecule is [2H]c1c([2H])c([2H])c2c(c1[2H])-c1cc(-c3c(C([2H])([2H])[2H])cccc3C([2H])([2H])[2H])cc(C(C)(C)C)c1-[n+]1[c-]n(-c3cccc(Oc4ccc5c6ccccc6n(-c6cc(C(C)(C)C)ccn6)c5c4)c3)c3cc(-c4cc(C(C)(C)C)cc(C(C)(C)C)c4)cc(c31)-c1c([2H])c([2H])c([2H])c([2H])c1-2. The summed E-state index contributed by atoms with van der Waals surface area (Å²) in [4.78, 5) is 4.90. The second-order valence-corrected chi connectivity index (χ2v) is 26.1. The Morgan fingerprint density at radius 1 is 0.482 bits per heavy atom. The third-order valence-corrected chi connectivity index (χ3v) is 16.2. The fraction of sp³-hybridized carbons (Fsp3) is 0.231. The van der Waals surface area contributed by atoms with E-state index in [2.05, 4.69) is 116 Å². The van der Waals surface area contributed by atoms with E-state index in [0.29, 0.717) is 45.0 Å². The minimum absolute atomic E-state index is 0.0555. The number of aryl methyl sites for hydroxylation is 2. The van der Waals surface area contributed by atoms with Gasteiger partial charge in [0, 0.05) is 31.3 Å². The number of ether oxygens (including phenoxy) is 1. The van der Waals surface area contributed by atoms with Crippen molar-refractivity contribution in [3.63, 3.8) is 0 Å². The Labute approximate surface area is 510 Å². The highest BCUT2D eigenvalue weighted by Gasteiger charge is 2.32. The molecule has 412 valence electrons.